The van der Waals surface area contributed by atoms with E-state index in [4.69, 9.17) is 5.73 Å². The van der Waals surface area contributed by atoms with Crippen LogP contribution in [0.25, 0.3) is 0 Å². The van der Waals surface area contributed by atoms with E-state index in [-0.39, 0.29) is 11.4 Å². The van der Waals surface area contributed by atoms with Crippen molar-refractivity contribution >= 4 is 27.6 Å². The monoisotopic (exact) mass is 519 g/mol. The van der Waals surface area contributed by atoms with Crippen molar-refractivity contribution in [3.63, 3.8) is 0 Å². The summed E-state index contributed by atoms with van der Waals surface area (Å²) in [5.74, 6) is 1.35. The summed E-state index contributed by atoms with van der Waals surface area (Å²) in [6, 6.07) is 11.0. The summed E-state index contributed by atoms with van der Waals surface area (Å²) in [6.07, 6.45) is 1.49. The topological polar surface area (TPSA) is 109 Å². The van der Waals surface area contributed by atoms with Crippen LogP contribution in [-0.2, 0) is 16.4 Å². The number of hydrogen-bond acceptors (Lipinski definition) is 6. The highest BCUT2D eigenvalue weighted by molar-refractivity contribution is 7.93. The first-order chi connectivity index (χ1) is 16.9. The number of benzene rings is 1. The van der Waals surface area contributed by atoms with Gasteiger partial charge in [0.05, 0.1) is 17.3 Å². The molecular weight excluding hydrogens is 481 g/mol. The molecule has 1 fully saturated rings. The molecule has 3 N–H and O–H groups in total. The van der Waals surface area contributed by atoms with Gasteiger partial charge in [-0.25, -0.2) is 17.8 Å². The SMILES string of the molecule is CC1CC1CN(C)c1cc(C(=O)N[C@@H](Cc2ccccc2)[C@@H](N)CF)cc(N(C)S(=O)(=O)C(C)C)n1. The summed E-state index contributed by atoms with van der Waals surface area (Å²) in [4.78, 5) is 19.9. The molecule has 0 spiro atoms. The highest BCUT2D eigenvalue weighted by Crippen LogP contribution is 2.38. The Bertz CT molecular complexity index is 1150. The minimum Gasteiger partial charge on any atom is -0.359 e. The molecule has 1 amide bonds. The molecule has 0 saturated heterocycles. The third-order valence-electron chi connectivity index (χ3n) is 6.85. The van der Waals surface area contributed by atoms with E-state index in [1.807, 2.05) is 42.3 Å². The molecule has 1 heterocycles. The molecular formula is C26H38FN5O3S. The molecule has 0 bridgehead atoms. The third kappa shape index (κ3) is 6.73. The number of hydrogen-bond donors (Lipinski definition) is 2. The van der Waals surface area contributed by atoms with Crippen molar-refractivity contribution in [2.45, 2.75) is 50.9 Å². The maximum atomic E-state index is 13.5. The Kier molecular flexibility index (Phi) is 8.94. The molecule has 2 unspecified atom stereocenters. The lowest BCUT2D eigenvalue weighted by molar-refractivity contribution is 0.0928. The van der Waals surface area contributed by atoms with E-state index in [9.17, 15) is 17.6 Å². The quantitative estimate of drug-likeness (QED) is 0.446. The number of nitrogens with two attached hydrogens (primary N) is 1. The van der Waals surface area contributed by atoms with Crippen molar-refractivity contribution in [1.29, 1.82) is 0 Å². The number of pyridine rings is 1. The average Bonchev–Trinajstić information content (AvgIpc) is 3.56. The molecule has 10 heteroatoms. The number of sulfonamides is 1. The summed E-state index contributed by atoms with van der Waals surface area (Å²) in [7, 11) is -0.349. The minimum absolute atomic E-state index is 0.149. The zero-order chi connectivity index (χ0) is 26.6. The lowest BCUT2D eigenvalue weighted by Gasteiger charge is -2.26. The van der Waals surface area contributed by atoms with Crippen molar-refractivity contribution < 1.29 is 17.6 Å². The van der Waals surface area contributed by atoms with Crippen LogP contribution in [0.3, 0.4) is 0 Å². The number of alkyl halides is 1. The highest BCUT2D eigenvalue weighted by Gasteiger charge is 2.34. The van der Waals surface area contributed by atoms with Crippen LogP contribution in [0, 0.1) is 11.8 Å². The molecule has 1 aliphatic rings. The molecule has 0 radical (unpaired) electrons. The van der Waals surface area contributed by atoms with Crippen molar-refractivity contribution in [1.82, 2.24) is 10.3 Å². The zero-order valence-corrected chi connectivity index (χ0v) is 22.5. The second-order valence-corrected chi connectivity index (χ2v) is 12.6. The van der Waals surface area contributed by atoms with Gasteiger partial charge in [0.15, 0.2) is 0 Å². The van der Waals surface area contributed by atoms with E-state index >= 15 is 0 Å². The van der Waals surface area contributed by atoms with Gasteiger partial charge in [-0.3, -0.25) is 9.10 Å². The van der Waals surface area contributed by atoms with Gasteiger partial charge >= 0.3 is 0 Å². The van der Waals surface area contributed by atoms with Crippen molar-refractivity contribution in [3.8, 4) is 0 Å². The lowest BCUT2D eigenvalue weighted by Crippen LogP contribution is -2.50. The van der Waals surface area contributed by atoms with Crippen LogP contribution >= 0.6 is 0 Å². The van der Waals surface area contributed by atoms with Crippen LogP contribution in [0.2, 0.25) is 0 Å². The smallest absolute Gasteiger partial charge is 0.251 e. The van der Waals surface area contributed by atoms with E-state index in [2.05, 4.69) is 17.2 Å². The van der Waals surface area contributed by atoms with Gasteiger partial charge in [0.1, 0.15) is 18.3 Å². The Morgan fingerprint density at radius 2 is 1.81 bits per heavy atom. The molecule has 4 atom stereocenters. The van der Waals surface area contributed by atoms with Crippen LogP contribution in [0.15, 0.2) is 42.5 Å². The molecule has 2 aromatic rings. The van der Waals surface area contributed by atoms with Gasteiger partial charge in [0, 0.05) is 26.2 Å². The van der Waals surface area contributed by atoms with Gasteiger partial charge in [0.25, 0.3) is 5.91 Å². The Hall–Kier alpha value is -2.72. The number of rotatable bonds is 12. The summed E-state index contributed by atoms with van der Waals surface area (Å²) in [5, 5.41) is 2.21. The number of nitrogens with one attached hydrogen (secondary N) is 1. The molecule has 1 aromatic carbocycles. The van der Waals surface area contributed by atoms with E-state index in [0.717, 1.165) is 22.8 Å². The standard InChI is InChI=1S/C26H38FN5O3S/c1-17(2)36(34,35)32(5)25-14-20(13-24(30-25)31(4)16-21-11-18(21)3)26(33)29-23(22(28)15-27)12-19-9-7-6-8-10-19/h6-10,13-14,17-18,21-23H,11-12,15-16,28H2,1-5H3,(H,29,33)/t18?,21?,22-,23-/m0/s1. The fourth-order valence-electron chi connectivity index (χ4n) is 4.07. The van der Waals surface area contributed by atoms with Crippen molar-refractivity contribution in [3.05, 3.63) is 53.6 Å². The fourth-order valence-corrected chi connectivity index (χ4v) is 5.06. The number of aromatic nitrogens is 1. The van der Waals surface area contributed by atoms with Crippen LogP contribution < -0.4 is 20.3 Å². The lowest BCUT2D eigenvalue weighted by atomic mass is 10.00. The first-order valence-electron chi connectivity index (χ1n) is 12.3. The Labute approximate surface area is 214 Å². The molecule has 1 aromatic heterocycles. The maximum absolute atomic E-state index is 13.5. The van der Waals surface area contributed by atoms with Gasteiger partial charge in [0.2, 0.25) is 10.0 Å². The molecule has 3 rings (SSSR count). The summed E-state index contributed by atoms with van der Waals surface area (Å²) >= 11 is 0. The third-order valence-corrected chi connectivity index (χ3v) is 8.99. The summed E-state index contributed by atoms with van der Waals surface area (Å²) in [5.41, 5.74) is 7.17. The normalized spacial score (nSPS) is 19.0. The van der Waals surface area contributed by atoms with Gasteiger partial charge in [-0.1, -0.05) is 37.3 Å². The second kappa shape index (κ2) is 11.6. The molecule has 1 saturated carbocycles. The fraction of sp³-hybridized carbons (Fsp3) is 0.538. The van der Waals surface area contributed by atoms with E-state index in [0.29, 0.717) is 24.1 Å². The zero-order valence-electron chi connectivity index (χ0n) is 21.7. The highest BCUT2D eigenvalue weighted by atomic mass is 32.2. The molecule has 0 aliphatic heterocycles. The second-order valence-electron chi connectivity index (χ2n) is 10.1. The van der Waals surface area contributed by atoms with Crippen LogP contribution in [0.5, 0.6) is 0 Å². The van der Waals surface area contributed by atoms with Gasteiger partial charge in [-0.2, -0.15) is 0 Å². The molecule has 1 aliphatic carbocycles. The van der Waals surface area contributed by atoms with Gasteiger partial charge in [-0.15, -0.1) is 0 Å². The maximum Gasteiger partial charge on any atom is 0.251 e. The van der Waals surface area contributed by atoms with Crippen molar-refractivity contribution in [2.75, 3.05) is 36.5 Å². The average molecular weight is 520 g/mol. The predicted molar refractivity (Wildman–Crippen MR) is 143 cm³/mol. The van der Waals surface area contributed by atoms with E-state index in [1.54, 1.807) is 19.9 Å². The predicted octanol–water partition coefficient (Wildman–Crippen LogP) is 2.99. The van der Waals surface area contributed by atoms with Crippen LogP contribution in [0.4, 0.5) is 16.0 Å². The largest absolute Gasteiger partial charge is 0.359 e. The van der Waals surface area contributed by atoms with Crippen LogP contribution in [0.1, 0.15) is 43.1 Å². The van der Waals surface area contributed by atoms with E-state index in [1.165, 1.54) is 13.1 Å². The number of nitrogens with zero attached hydrogens (tertiary/aromatic N) is 3. The van der Waals surface area contributed by atoms with E-state index < -0.39 is 39.9 Å². The first-order valence-corrected chi connectivity index (χ1v) is 13.8. The number of carbonyl (C=O) groups excluding carboxylic acids is 1. The van der Waals surface area contributed by atoms with Crippen LogP contribution in [-0.4, -0.2) is 64.0 Å². The Morgan fingerprint density at radius 1 is 1.19 bits per heavy atom. The Balaban J connectivity index is 1.93. The number of carbonyl (C=O) groups is 1. The summed E-state index contributed by atoms with van der Waals surface area (Å²) < 4.78 is 40.3. The molecule has 198 valence electrons. The molecule has 8 nitrogen and oxygen atoms in total. The van der Waals surface area contributed by atoms with Crippen molar-refractivity contribution in [2.24, 2.45) is 17.6 Å². The Morgan fingerprint density at radius 3 is 2.36 bits per heavy atom. The number of amides is 1. The number of anilines is 2. The first kappa shape index (κ1) is 27.9. The minimum atomic E-state index is -3.66. The van der Waals surface area contributed by atoms with Gasteiger partial charge in [-0.05, 0) is 56.2 Å². The van der Waals surface area contributed by atoms with Gasteiger partial charge < -0.3 is 16.0 Å². The summed E-state index contributed by atoms with van der Waals surface area (Å²) in [6.45, 7) is 5.34. The number of halogens is 1. The molecule has 36 heavy (non-hydrogen) atoms.